The normalized spacial score (nSPS) is 16.8. The molecule has 0 aromatic carbocycles. The summed E-state index contributed by atoms with van der Waals surface area (Å²) >= 11 is 0. The second-order valence-electron chi connectivity index (χ2n) is 3.82. The van der Waals surface area contributed by atoms with Gasteiger partial charge in [-0.15, -0.1) is 0 Å². The first-order valence-electron chi connectivity index (χ1n) is 7.18. The number of rotatable bonds is 7. The van der Waals surface area contributed by atoms with Gasteiger partial charge in [-0.2, -0.15) is 0 Å². The summed E-state index contributed by atoms with van der Waals surface area (Å²) in [5.74, 6) is 0. The summed E-state index contributed by atoms with van der Waals surface area (Å²) < 4.78 is 23.5. The van der Waals surface area contributed by atoms with Gasteiger partial charge in [0.25, 0.3) is 0 Å². The Morgan fingerprint density at radius 3 is 2.06 bits per heavy atom. The lowest BCUT2D eigenvalue weighted by Gasteiger charge is -2.44. The summed E-state index contributed by atoms with van der Waals surface area (Å²) in [7, 11) is 1.65. The highest BCUT2D eigenvalue weighted by Gasteiger charge is 2.41. The molecule has 0 spiro atoms. The van der Waals surface area contributed by atoms with Crippen LogP contribution in [0.25, 0.3) is 0 Å². The summed E-state index contributed by atoms with van der Waals surface area (Å²) in [5, 5.41) is 0. The molecule has 112 valence electrons. The molecule has 0 N–H and O–H groups in total. The van der Waals surface area contributed by atoms with Crippen LogP contribution in [0.4, 0.5) is 4.39 Å². The number of likely N-dealkylation sites (tertiary alicyclic amines) is 1. The molecule has 4 heteroatoms. The molecule has 1 aliphatic heterocycles. The fourth-order valence-corrected chi connectivity index (χ4v) is 1.57. The molecule has 0 bridgehead atoms. The van der Waals surface area contributed by atoms with Crippen molar-refractivity contribution < 1.29 is 13.9 Å². The van der Waals surface area contributed by atoms with Crippen LogP contribution in [0.5, 0.6) is 0 Å². The lowest BCUT2D eigenvalue weighted by molar-refractivity contribution is -0.0490. The van der Waals surface area contributed by atoms with Gasteiger partial charge < -0.3 is 9.47 Å². The van der Waals surface area contributed by atoms with Gasteiger partial charge in [0.1, 0.15) is 5.67 Å². The van der Waals surface area contributed by atoms with E-state index in [1.807, 2.05) is 34.6 Å². The predicted octanol–water partition coefficient (Wildman–Crippen LogP) is 3.14. The summed E-state index contributed by atoms with van der Waals surface area (Å²) in [4.78, 5) is 2.08. The average molecular weight is 265 g/mol. The van der Waals surface area contributed by atoms with E-state index >= 15 is 0 Å². The highest BCUT2D eigenvalue weighted by atomic mass is 19.1. The van der Waals surface area contributed by atoms with Crippen molar-refractivity contribution in [3.8, 4) is 0 Å². The van der Waals surface area contributed by atoms with Crippen LogP contribution in [-0.2, 0) is 9.47 Å². The quantitative estimate of drug-likeness (QED) is 0.660. The van der Waals surface area contributed by atoms with Crippen LogP contribution in [0, 0.1) is 0 Å². The minimum Gasteiger partial charge on any atom is -0.382 e. The van der Waals surface area contributed by atoms with Gasteiger partial charge in [0.15, 0.2) is 0 Å². The van der Waals surface area contributed by atoms with Crippen LogP contribution >= 0.6 is 0 Å². The van der Waals surface area contributed by atoms with Crippen molar-refractivity contribution in [1.82, 2.24) is 4.90 Å². The number of ether oxygens (including phenoxy) is 2. The molecule has 1 aliphatic rings. The Balaban J connectivity index is 0. The number of halogens is 1. The van der Waals surface area contributed by atoms with Gasteiger partial charge in [-0.05, 0) is 6.42 Å². The summed E-state index contributed by atoms with van der Waals surface area (Å²) in [6, 6.07) is 0. The first-order valence-corrected chi connectivity index (χ1v) is 7.18. The molecule has 1 rings (SSSR count). The molecule has 0 radical (unpaired) electrons. The maximum atomic E-state index is 13.4. The largest absolute Gasteiger partial charge is 0.382 e. The Bertz CT molecular complexity index is 162. The van der Waals surface area contributed by atoms with Gasteiger partial charge in [-0.25, -0.2) is 4.39 Å². The van der Waals surface area contributed by atoms with Gasteiger partial charge in [-0.3, -0.25) is 4.90 Å². The molecule has 0 amide bonds. The Morgan fingerprint density at radius 1 is 1.06 bits per heavy atom. The minimum absolute atomic E-state index is 0.567. The van der Waals surface area contributed by atoms with E-state index in [1.54, 1.807) is 7.11 Å². The van der Waals surface area contributed by atoms with Gasteiger partial charge in [-0.1, -0.05) is 34.6 Å². The van der Waals surface area contributed by atoms with Crippen molar-refractivity contribution in [3.05, 3.63) is 0 Å². The van der Waals surface area contributed by atoms with Crippen molar-refractivity contribution in [2.75, 3.05) is 46.6 Å². The van der Waals surface area contributed by atoms with E-state index in [9.17, 15) is 4.39 Å². The van der Waals surface area contributed by atoms with Crippen LogP contribution in [0.3, 0.4) is 0 Å². The molecule has 0 unspecified atom stereocenters. The smallest absolute Gasteiger partial charge is 0.136 e. The monoisotopic (exact) mass is 265 g/mol. The van der Waals surface area contributed by atoms with E-state index in [2.05, 4.69) is 4.90 Å². The molecule has 0 aromatic rings. The zero-order valence-electron chi connectivity index (χ0n) is 13.1. The second kappa shape index (κ2) is 13.2. The van der Waals surface area contributed by atoms with E-state index in [1.165, 1.54) is 0 Å². The molecule has 0 atom stereocenters. The SMILES string of the molecule is CC.CC.CCC1(F)CN(CCOCCOC)C1. The number of alkyl halides is 1. The van der Waals surface area contributed by atoms with Crippen LogP contribution in [0.15, 0.2) is 0 Å². The van der Waals surface area contributed by atoms with Crippen LogP contribution in [0.2, 0.25) is 0 Å². The number of methoxy groups -OCH3 is 1. The van der Waals surface area contributed by atoms with Gasteiger partial charge in [0.05, 0.1) is 19.8 Å². The van der Waals surface area contributed by atoms with Crippen molar-refractivity contribution >= 4 is 0 Å². The van der Waals surface area contributed by atoms with Crippen molar-refractivity contribution in [1.29, 1.82) is 0 Å². The molecule has 1 saturated heterocycles. The third-order valence-electron chi connectivity index (χ3n) is 2.63. The summed E-state index contributed by atoms with van der Waals surface area (Å²) in [6.07, 6.45) is 0.619. The Kier molecular flexibility index (Phi) is 14.8. The molecule has 0 aromatic heterocycles. The van der Waals surface area contributed by atoms with Gasteiger partial charge >= 0.3 is 0 Å². The second-order valence-corrected chi connectivity index (χ2v) is 3.82. The molecule has 0 aliphatic carbocycles. The maximum Gasteiger partial charge on any atom is 0.136 e. The lowest BCUT2D eigenvalue weighted by atomic mass is 9.94. The van der Waals surface area contributed by atoms with E-state index < -0.39 is 5.67 Å². The van der Waals surface area contributed by atoms with Gasteiger partial charge in [0, 0.05) is 26.7 Å². The van der Waals surface area contributed by atoms with Crippen molar-refractivity contribution in [2.24, 2.45) is 0 Å². The topological polar surface area (TPSA) is 21.7 Å². The minimum atomic E-state index is -0.924. The Hall–Kier alpha value is -0.190. The average Bonchev–Trinajstić information content (AvgIpc) is 2.40. The molecule has 3 nitrogen and oxygen atoms in total. The van der Waals surface area contributed by atoms with Crippen molar-refractivity contribution in [3.63, 3.8) is 0 Å². The third-order valence-corrected chi connectivity index (χ3v) is 2.63. The summed E-state index contributed by atoms with van der Waals surface area (Å²) in [5.41, 5.74) is -0.924. The zero-order valence-corrected chi connectivity index (χ0v) is 13.1. The van der Waals surface area contributed by atoms with Crippen LogP contribution in [0.1, 0.15) is 41.0 Å². The molecular weight excluding hydrogens is 233 g/mol. The van der Waals surface area contributed by atoms with E-state index in [0.717, 1.165) is 6.54 Å². The molecular formula is C14H32FNO2. The van der Waals surface area contributed by atoms with E-state index in [-0.39, 0.29) is 0 Å². The van der Waals surface area contributed by atoms with Crippen LogP contribution in [-0.4, -0.2) is 57.1 Å². The van der Waals surface area contributed by atoms with E-state index in [4.69, 9.17) is 9.47 Å². The Morgan fingerprint density at radius 2 is 1.61 bits per heavy atom. The fraction of sp³-hybridized carbons (Fsp3) is 1.00. The fourth-order valence-electron chi connectivity index (χ4n) is 1.57. The number of nitrogens with zero attached hydrogens (tertiary/aromatic N) is 1. The number of hydrogen-bond acceptors (Lipinski definition) is 3. The zero-order chi connectivity index (χ0) is 14.4. The Labute approximate surface area is 113 Å². The van der Waals surface area contributed by atoms with Crippen molar-refractivity contribution in [2.45, 2.75) is 46.7 Å². The standard InChI is InChI=1S/C10H20FNO2.2C2H6/c1-3-10(11)8-12(9-10)4-5-14-7-6-13-2;2*1-2/h3-9H2,1-2H3;2*1-2H3. The molecule has 1 fully saturated rings. The predicted molar refractivity (Wildman–Crippen MR) is 76.0 cm³/mol. The maximum absolute atomic E-state index is 13.4. The lowest BCUT2D eigenvalue weighted by Crippen LogP contribution is -2.59. The van der Waals surface area contributed by atoms with E-state index in [0.29, 0.717) is 39.3 Å². The first kappa shape index (κ1) is 20.1. The summed E-state index contributed by atoms with van der Waals surface area (Å²) in [6.45, 7) is 13.8. The highest BCUT2D eigenvalue weighted by Crippen LogP contribution is 2.27. The first-order chi connectivity index (χ1) is 8.70. The van der Waals surface area contributed by atoms with Crippen LogP contribution < -0.4 is 0 Å². The molecule has 18 heavy (non-hydrogen) atoms. The number of hydrogen-bond donors (Lipinski definition) is 0. The highest BCUT2D eigenvalue weighted by molar-refractivity contribution is 4.94. The third kappa shape index (κ3) is 8.84. The van der Waals surface area contributed by atoms with Gasteiger partial charge in [0.2, 0.25) is 0 Å². The molecule has 1 heterocycles. The molecule has 0 saturated carbocycles.